The highest BCUT2D eigenvalue weighted by Crippen LogP contribution is 2.42. The largest absolute Gasteiger partial charge is 0.456 e. The first-order valence-corrected chi connectivity index (χ1v) is 21.5. The van der Waals surface area contributed by atoms with Gasteiger partial charge in [-0.3, -0.25) is 0 Å². The van der Waals surface area contributed by atoms with Crippen molar-refractivity contribution in [2.75, 3.05) is 0 Å². The summed E-state index contributed by atoms with van der Waals surface area (Å²) in [5, 5.41) is 9.25. The molecule has 0 aliphatic carbocycles. The summed E-state index contributed by atoms with van der Waals surface area (Å²) in [5.41, 5.74) is 13.0. The summed E-state index contributed by atoms with van der Waals surface area (Å²) in [6.45, 7) is 0. The molecule has 5 heteroatoms. The third-order valence-electron chi connectivity index (χ3n) is 12.6. The molecule has 0 saturated heterocycles. The quantitative estimate of drug-likeness (QED) is 0.156. The maximum atomic E-state index is 6.52. The standard InChI is InChI=1S/C59H35N3O2/c1-3-12-36(13-4-1)42-17-9-20-45-46-21-10-18-43(48(46)32-31-47(42)45)40-29-33-53-51(34-40)56-44(19-11-23-54(56)63-53)37-24-26-39(27-25-37)58-60-57(38-14-5-2-6-15-38)61-59(62-58)41-28-30-50-49-16-7-8-22-52(49)64-55(50)35-41/h1-35H. The highest BCUT2D eigenvalue weighted by atomic mass is 16.3. The van der Waals surface area contributed by atoms with Crippen molar-refractivity contribution in [1.29, 1.82) is 0 Å². The molecule has 0 aliphatic heterocycles. The summed E-state index contributed by atoms with van der Waals surface area (Å²) in [6.07, 6.45) is 0. The van der Waals surface area contributed by atoms with Gasteiger partial charge < -0.3 is 8.83 Å². The normalized spacial score (nSPS) is 11.8. The van der Waals surface area contributed by atoms with Crippen LogP contribution in [0.1, 0.15) is 0 Å². The molecular formula is C59H35N3O2. The van der Waals surface area contributed by atoms with Gasteiger partial charge in [0.2, 0.25) is 0 Å². The molecule has 0 aliphatic rings. The van der Waals surface area contributed by atoms with E-state index in [1.54, 1.807) is 0 Å². The van der Waals surface area contributed by atoms with E-state index in [-0.39, 0.29) is 0 Å². The second-order valence-corrected chi connectivity index (χ2v) is 16.3. The second-order valence-electron chi connectivity index (χ2n) is 16.3. The number of benzene rings is 10. The molecule has 3 aromatic heterocycles. The van der Waals surface area contributed by atoms with Crippen LogP contribution in [0.15, 0.2) is 221 Å². The molecule has 0 amide bonds. The fourth-order valence-electron chi connectivity index (χ4n) is 9.50. The first-order valence-electron chi connectivity index (χ1n) is 21.5. The van der Waals surface area contributed by atoms with Gasteiger partial charge in [0, 0.05) is 38.2 Å². The fourth-order valence-corrected chi connectivity index (χ4v) is 9.50. The third-order valence-corrected chi connectivity index (χ3v) is 12.6. The van der Waals surface area contributed by atoms with Gasteiger partial charge in [0.25, 0.3) is 0 Å². The highest BCUT2D eigenvalue weighted by Gasteiger charge is 2.18. The van der Waals surface area contributed by atoms with Crippen molar-refractivity contribution in [2.45, 2.75) is 0 Å². The molecule has 13 rings (SSSR count). The average molecular weight is 818 g/mol. The van der Waals surface area contributed by atoms with Crippen molar-refractivity contribution in [1.82, 2.24) is 15.0 Å². The van der Waals surface area contributed by atoms with Gasteiger partial charge in [-0.15, -0.1) is 0 Å². The molecule has 0 unspecified atom stereocenters. The SMILES string of the molecule is c1ccc(-c2nc(-c3ccc(-c4cccc5oc6ccc(-c7cccc8c7ccc7c(-c9ccccc9)cccc78)cc6c45)cc3)nc(-c3ccc4c(c3)oc3ccccc34)n2)cc1. The van der Waals surface area contributed by atoms with Crippen molar-refractivity contribution in [3.63, 3.8) is 0 Å². The lowest BCUT2D eigenvalue weighted by Gasteiger charge is -2.13. The second kappa shape index (κ2) is 14.5. The zero-order chi connectivity index (χ0) is 42.1. The average Bonchev–Trinajstić information content (AvgIpc) is 3.94. The van der Waals surface area contributed by atoms with Crippen LogP contribution in [0, 0.1) is 0 Å². The zero-order valence-electron chi connectivity index (χ0n) is 34.4. The van der Waals surface area contributed by atoms with Gasteiger partial charge in [-0.25, -0.2) is 15.0 Å². The Balaban J connectivity index is 0.896. The summed E-state index contributed by atoms with van der Waals surface area (Å²) in [5.74, 6) is 1.78. The number of hydrogen-bond acceptors (Lipinski definition) is 5. The smallest absolute Gasteiger partial charge is 0.164 e. The lowest BCUT2D eigenvalue weighted by Crippen LogP contribution is -2.00. The minimum Gasteiger partial charge on any atom is -0.456 e. The predicted octanol–water partition coefficient (Wildman–Crippen LogP) is 16.0. The molecule has 0 bridgehead atoms. The predicted molar refractivity (Wildman–Crippen MR) is 262 cm³/mol. The molecule has 0 N–H and O–H groups in total. The Morgan fingerprint density at radius 1 is 0.234 bits per heavy atom. The number of rotatable bonds is 6. The summed E-state index contributed by atoms with van der Waals surface area (Å²) in [6, 6.07) is 74.2. The van der Waals surface area contributed by atoms with Crippen molar-refractivity contribution in [2.24, 2.45) is 0 Å². The Bertz CT molecular complexity index is 3950. The van der Waals surface area contributed by atoms with Gasteiger partial charge in [0.05, 0.1) is 0 Å². The Morgan fingerprint density at radius 3 is 1.42 bits per heavy atom. The Labute approximate surface area is 367 Å². The molecule has 64 heavy (non-hydrogen) atoms. The molecule has 13 aromatic rings. The van der Waals surface area contributed by atoms with E-state index in [1.165, 1.54) is 38.2 Å². The van der Waals surface area contributed by atoms with Crippen LogP contribution >= 0.6 is 0 Å². The first-order chi connectivity index (χ1) is 31.7. The van der Waals surface area contributed by atoms with E-state index in [9.17, 15) is 0 Å². The maximum Gasteiger partial charge on any atom is 0.164 e. The fraction of sp³-hybridized carbons (Fsp3) is 0. The van der Waals surface area contributed by atoms with Gasteiger partial charge in [-0.05, 0) is 91.3 Å². The number of nitrogens with zero attached hydrogens (tertiary/aromatic N) is 3. The topological polar surface area (TPSA) is 65.0 Å². The Hall–Kier alpha value is -8.67. The minimum atomic E-state index is 0.581. The van der Waals surface area contributed by atoms with E-state index in [0.717, 1.165) is 77.3 Å². The van der Waals surface area contributed by atoms with E-state index in [1.807, 2.05) is 54.6 Å². The minimum absolute atomic E-state index is 0.581. The van der Waals surface area contributed by atoms with E-state index in [0.29, 0.717) is 17.5 Å². The van der Waals surface area contributed by atoms with Crippen LogP contribution < -0.4 is 0 Å². The summed E-state index contributed by atoms with van der Waals surface area (Å²) in [4.78, 5) is 15.1. The molecule has 0 atom stereocenters. The molecule has 0 saturated carbocycles. The van der Waals surface area contributed by atoms with Crippen LogP contribution in [0.2, 0.25) is 0 Å². The van der Waals surface area contributed by atoms with Crippen molar-refractivity contribution in [3.05, 3.63) is 212 Å². The summed E-state index contributed by atoms with van der Waals surface area (Å²) < 4.78 is 12.8. The molecule has 3 heterocycles. The molecule has 0 fully saturated rings. The van der Waals surface area contributed by atoms with Crippen LogP contribution in [0.5, 0.6) is 0 Å². The number of hydrogen-bond donors (Lipinski definition) is 0. The van der Waals surface area contributed by atoms with E-state index >= 15 is 0 Å². The van der Waals surface area contributed by atoms with Gasteiger partial charge in [0.15, 0.2) is 17.5 Å². The molecule has 10 aromatic carbocycles. The van der Waals surface area contributed by atoms with Crippen LogP contribution in [-0.2, 0) is 0 Å². The summed E-state index contributed by atoms with van der Waals surface area (Å²) >= 11 is 0. The number of furan rings is 2. The van der Waals surface area contributed by atoms with Gasteiger partial charge in [-0.2, -0.15) is 0 Å². The monoisotopic (exact) mass is 817 g/mol. The highest BCUT2D eigenvalue weighted by molar-refractivity contribution is 6.17. The van der Waals surface area contributed by atoms with Crippen LogP contribution in [0.4, 0.5) is 0 Å². The Kier molecular flexibility index (Phi) is 8.15. The van der Waals surface area contributed by atoms with Gasteiger partial charge in [-0.1, -0.05) is 176 Å². The molecule has 0 spiro atoms. The van der Waals surface area contributed by atoms with E-state index in [4.69, 9.17) is 23.8 Å². The molecule has 0 radical (unpaired) electrons. The zero-order valence-corrected chi connectivity index (χ0v) is 34.4. The number of aromatic nitrogens is 3. The maximum absolute atomic E-state index is 6.52. The van der Waals surface area contributed by atoms with Crippen LogP contribution in [0.3, 0.4) is 0 Å². The molecule has 5 nitrogen and oxygen atoms in total. The molecule has 298 valence electrons. The lowest BCUT2D eigenvalue weighted by atomic mass is 9.91. The first kappa shape index (κ1) is 36.0. The van der Waals surface area contributed by atoms with Crippen LogP contribution in [-0.4, -0.2) is 15.0 Å². The van der Waals surface area contributed by atoms with Crippen molar-refractivity contribution in [3.8, 4) is 67.5 Å². The van der Waals surface area contributed by atoms with Crippen molar-refractivity contribution >= 4 is 65.4 Å². The number of para-hydroxylation sites is 1. The third kappa shape index (κ3) is 5.90. The Morgan fingerprint density at radius 2 is 0.688 bits per heavy atom. The van der Waals surface area contributed by atoms with Crippen LogP contribution in [0.25, 0.3) is 133 Å². The van der Waals surface area contributed by atoms with E-state index < -0.39 is 0 Å². The lowest BCUT2D eigenvalue weighted by molar-refractivity contribution is 0.668. The van der Waals surface area contributed by atoms with E-state index in [2.05, 4.69) is 158 Å². The summed E-state index contributed by atoms with van der Waals surface area (Å²) in [7, 11) is 0. The van der Waals surface area contributed by atoms with Gasteiger partial charge in [0.1, 0.15) is 22.3 Å². The van der Waals surface area contributed by atoms with Crippen molar-refractivity contribution < 1.29 is 8.83 Å². The number of fused-ring (bicyclic) bond motifs is 9. The molecular weight excluding hydrogens is 783 g/mol. The van der Waals surface area contributed by atoms with Gasteiger partial charge >= 0.3 is 0 Å².